The summed E-state index contributed by atoms with van der Waals surface area (Å²) in [6.07, 6.45) is 4.71. The van der Waals surface area contributed by atoms with E-state index in [9.17, 15) is 0 Å². The Bertz CT molecular complexity index is 609. The number of benzene rings is 1. The average Bonchev–Trinajstić information content (AvgIpc) is 2.76. The van der Waals surface area contributed by atoms with Crippen molar-refractivity contribution in [3.05, 3.63) is 35.9 Å². The minimum atomic E-state index is 0. The second kappa shape index (κ2) is 14.2. The molecule has 0 radical (unpaired) electrons. The fourth-order valence-corrected chi connectivity index (χ4v) is 4.28. The van der Waals surface area contributed by atoms with Crippen molar-refractivity contribution in [2.75, 3.05) is 53.0 Å². The molecule has 2 heterocycles. The van der Waals surface area contributed by atoms with Crippen LogP contribution in [0.2, 0.25) is 0 Å². The number of guanidine groups is 1. The fraction of sp³-hybridized carbons (Fsp3) is 0.696. The molecule has 2 aliphatic heterocycles. The lowest BCUT2D eigenvalue weighted by atomic mass is 9.97. The first-order chi connectivity index (χ1) is 14.2. The third-order valence-corrected chi connectivity index (χ3v) is 6.10. The highest BCUT2D eigenvalue weighted by molar-refractivity contribution is 14.0. The summed E-state index contributed by atoms with van der Waals surface area (Å²) in [7, 11) is 1.87. The van der Waals surface area contributed by atoms with E-state index in [4.69, 9.17) is 4.74 Å². The third-order valence-electron chi connectivity index (χ3n) is 6.10. The molecule has 0 aliphatic carbocycles. The van der Waals surface area contributed by atoms with Gasteiger partial charge in [-0.05, 0) is 44.7 Å². The second-order valence-corrected chi connectivity index (χ2v) is 8.33. The Labute approximate surface area is 199 Å². The first kappa shape index (κ1) is 25.4. The van der Waals surface area contributed by atoms with Crippen molar-refractivity contribution in [2.45, 2.75) is 51.2 Å². The van der Waals surface area contributed by atoms with Gasteiger partial charge in [-0.15, -0.1) is 24.0 Å². The van der Waals surface area contributed by atoms with Gasteiger partial charge in [0.15, 0.2) is 5.96 Å². The van der Waals surface area contributed by atoms with Crippen LogP contribution in [0.3, 0.4) is 0 Å². The van der Waals surface area contributed by atoms with Gasteiger partial charge < -0.3 is 15.4 Å². The van der Waals surface area contributed by atoms with Gasteiger partial charge in [-0.3, -0.25) is 14.8 Å². The van der Waals surface area contributed by atoms with Gasteiger partial charge in [0.25, 0.3) is 0 Å². The Morgan fingerprint density at radius 2 is 1.90 bits per heavy atom. The molecule has 7 heteroatoms. The van der Waals surface area contributed by atoms with Crippen molar-refractivity contribution >= 4 is 29.9 Å². The maximum absolute atomic E-state index is 5.41. The van der Waals surface area contributed by atoms with E-state index in [-0.39, 0.29) is 24.0 Å². The predicted octanol–water partition coefficient (Wildman–Crippen LogP) is 2.93. The quantitative estimate of drug-likeness (QED) is 0.235. The number of nitrogens with zero attached hydrogens (tertiary/aromatic N) is 3. The van der Waals surface area contributed by atoms with Gasteiger partial charge in [0, 0.05) is 51.9 Å². The maximum Gasteiger partial charge on any atom is 0.191 e. The number of piperidine rings is 1. The highest BCUT2D eigenvalue weighted by Gasteiger charge is 2.25. The molecule has 6 nitrogen and oxygen atoms in total. The van der Waals surface area contributed by atoms with Gasteiger partial charge in [0.1, 0.15) is 0 Å². The van der Waals surface area contributed by atoms with Gasteiger partial charge in [-0.25, -0.2) is 0 Å². The number of unbranched alkanes of at least 4 members (excludes halogenated alkanes) is 1. The topological polar surface area (TPSA) is 52.1 Å². The molecule has 2 atom stereocenters. The van der Waals surface area contributed by atoms with Crippen molar-refractivity contribution in [3.63, 3.8) is 0 Å². The normalized spacial score (nSPS) is 23.6. The van der Waals surface area contributed by atoms with Crippen LogP contribution in [0.15, 0.2) is 35.3 Å². The molecule has 0 amide bonds. The molecule has 30 heavy (non-hydrogen) atoms. The van der Waals surface area contributed by atoms with E-state index in [1.54, 1.807) is 0 Å². The lowest BCUT2D eigenvalue weighted by Crippen LogP contribution is -2.51. The van der Waals surface area contributed by atoms with Gasteiger partial charge >= 0.3 is 0 Å². The Morgan fingerprint density at radius 3 is 2.60 bits per heavy atom. The number of hydrogen-bond donors (Lipinski definition) is 2. The predicted molar refractivity (Wildman–Crippen MR) is 136 cm³/mol. The van der Waals surface area contributed by atoms with Crippen LogP contribution < -0.4 is 10.6 Å². The van der Waals surface area contributed by atoms with Crippen LogP contribution >= 0.6 is 24.0 Å². The molecule has 2 aliphatic rings. The van der Waals surface area contributed by atoms with E-state index in [0.717, 1.165) is 64.7 Å². The number of nitrogens with one attached hydrogen (secondary N) is 2. The Balaban J connectivity index is 0.00000320. The molecule has 170 valence electrons. The summed E-state index contributed by atoms with van der Waals surface area (Å²) in [5, 5.41) is 7.15. The van der Waals surface area contributed by atoms with Crippen LogP contribution in [0.5, 0.6) is 0 Å². The Kier molecular flexibility index (Phi) is 12.0. The van der Waals surface area contributed by atoms with Gasteiger partial charge in [0.05, 0.1) is 13.2 Å². The van der Waals surface area contributed by atoms with Crippen molar-refractivity contribution in [1.82, 2.24) is 20.4 Å². The number of hydrogen-bond acceptors (Lipinski definition) is 4. The van der Waals surface area contributed by atoms with E-state index in [0.29, 0.717) is 12.1 Å². The summed E-state index contributed by atoms with van der Waals surface area (Å²) in [5.41, 5.74) is 1.40. The standard InChI is InChI=1S/C23H39N5O.HI/c1-20-18-22(10-13-28(20)19-21-8-4-3-5-9-21)26-23(24-2)25-11-6-7-12-27-14-16-29-17-15-27;/h3-5,8-9,20,22H,6-7,10-19H2,1-2H3,(H2,24,25,26);1H. The van der Waals surface area contributed by atoms with Crippen molar-refractivity contribution in [2.24, 2.45) is 4.99 Å². The van der Waals surface area contributed by atoms with Crippen LogP contribution in [0, 0.1) is 0 Å². The van der Waals surface area contributed by atoms with E-state index >= 15 is 0 Å². The van der Waals surface area contributed by atoms with E-state index in [1.165, 1.54) is 24.9 Å². The molecule has 0 aromatic heterocycles. The van der Waals surface area contributed by atoms with Crippen LogP contribution in [-0.4, -0.2) is 80.8 Å². The number of halogens is 1. The summed E-state index contributed by atoms with van der Waals surface area (Å²) < 4.78 is 5.41. The Morgan fingerprint density at radius 1 is 1.13 bits per heavy atom. The van der Waals surface area contributed by atoms with Gasteiger partial charge in [-0.2, -0.15) is 0 Å². The molecule has 1 aromatic carbocycles. The second-order valence-electron chi connectivity index (χ2n) is 8.33. The highest BCUT2D eigenvalue weighted by atomic mass is 127. The number of likely N-dealkylation sites (tertiary alicyclic amines) is 1. The Hall–Kier alpha value is -0.900. The SMILES string of the molecule is CN=C(NCCCCN1CCOCC1)NC1CCN(Cc2ccccc2)C(C)C1.I. The van der Waals surface area contributed by atoms with E-state index in [1.807, 2.05) is 7.05 Å². The molecule has 2 N–H and O–H groups in total. The van der Waals surface area contributed by atoms with Crippen LogP contribution in [0.1, 0.15) is 38.2 Å². The van der Waals surface area contributed by atoms with Crippen molar-refractivity contribution in [3.8, 4) is 0 Å². The molecule has 0 spiro atoms. The van der Waals surface area contributed by atoms with Gasteiger partial charge in [0.2, 0.25) is 0 Å². The zero-order valence-electron chi connectivity index (χ0n) is 18.7. The summed E-state index contributed by atoms with van der Waals surface area (Å²) in [5.74, 6) is 0.949. The lowest BCUT2D eigenvalue weighted by Gasteiger charge is -2.38. The number of rotatable bonds is 8. The zero-order chi connectivity index (χ0) is 20.3. The monoisotopic (exact) mass is 529 g/mol. The van der Waals surface area contributed by atoms with E-state index < -0.39 is 0 Å². The molecular formula is C23H40IN5O. The summed E-state index contributed by atoms with van der Waals surface area (Å²) in [6.45, 7) is 10.6. The molecule has 0 bridgehead atoms. The molecule has 0 saturated carbocycles. The molecule has 1 aromatic rings. The fourth-order valence-electron chi connectivity index (χ4n) is 4.28. The number of morpholine rings is 1. The maximum atomic E-state index is 5.41. The summed E-state index contributed by atoms with van der Waals surface area (Å²) in [4.78, 5) is 9.53. The smallest absolute Gasteiger partial charge is 0.191 e. The minimum Gasteiger partial charge on any atom is -0.379 e. The average molecular weight is 530 g/mol. The van der Waals surface area contributed by atoms with E-state index in [2.05, 4.69) is 62.7 Å². The molecule has 3 rings (SSSR count). The van der Waals surface area contributed by atoms with Crippen LogP contribution in [-0.2, 0) is 11.3 Å². The highest BCUT2D eigenvalue weighted by Crippen LogP contribution is 2.19. The molecule has 2 saturated heterocycles. The molecule has 2 unspecified atom stereocenters. The first-order valence-electron chi connectivity index (χ1n) is 11.3. The van der Waals surface area contributed by atoms with Crippen LogP contribution in [0.25, 0.3) is 0 Å². The molecule has 2 fully saturated rings. The lowest BCUT2D eigenvalue weighted by molar-refractivity contribution is 0.0372. The number of aliphatic imine (C=N–C) groups is 1. The van der Waals surface area contributed by atoms with Crippen LogP contribution in [0.4, 0.5) is 0 Å². The summed E-state index contributed by atoms with van der Waals surface area (Å²) in [6, 6.07) is 11.9. The molecular weight excluding hydrogens is 489 g/mol. The van der Waals surface area contributed by atoms with Crippen molar-refractivity contribution < 1.29 is 4.74 Å². The third kappa shape index (κ3) is 8.69. The minimum absolute atomic E-state index is 0. The van der Waals surface area contributed by atoms with Crippen molar-refractivity contribution in [1.29, 1.82) is 0 Å². The zero-order valence-corrected chi connectivity index (χ0v) is 21.0. The summed E-state index contributed by atoms with van der Waals surface area (Å²) >= 11 is 0. The number of ether oxygens (including phenoxy) is 1. The van der Waals surface area contributed by atoms with Gasteiger partial charge in [-0.1, -0.05) is 30.3 Å². The largest absolute Gasteiger partial charge is 0.379 e. The first-order valence-corrected chi connectivity index (χ1v) is 11.3.